The van der Waals surface area contributed by atoms with E-state index in [2.05, 4.69) is 59.2 Å². The van der Waals surface area contributed by atoms with E-state index >= 15 is 0 Å². The van der Waals surface area contributed by atoms with Gasteiger partial charge in [-0.2, -0.15) is 0 Å². The molecule has 0 aromatic heterocycles. The Bertz CT molecular complexity index is 574. The summed E-state index contributed by atoms with van der Waals surface area (Å²) in [5.74, 6) is 0. The Hall–Kier alpha value is -1.35. The van der Waals surface area contributed by atoms with Crippen LogP contribution in [0.1, 0.15) is 24.1 Å². The van der Waals surface area contributed by atoms with Crippen molar-refractivity contribution in [1.82, 2.24) is 9.80 Å². The highest BCUT2D eigenvalue weighted by molar-refractivity contribution is 6.30. The molecule has 116 valence electrons. The van der Waals surface area contributed by atoms with Crippen molar-refractivity contribution in [2.24, 2.45) is 0 Å². The van der Waals surface area contributed by atoms with Crippen LogP contribution in [0.3, 0.4) is 0 Å². The van der Waals surface area contributed by atoms with Gasteiger partial charge in [-0.15, -0.1) is 0 Å². The Balaban J connectivity index is 1.88. The number of likely N-dealkylation sites (N-methyl/N-ethyl adjacent to an activating group) is 1. The van der Waals surface area contributed by atoms with E-state index < -0.39 is 0 Å². The molecule has 1 saturated heterocycles. The minimum atomic E-state index is 0.317. The van der Waals surface area contributed by atoms with Gasteiger partial charge in [0, 0.05) is 31.2 Å². The topological polar surface area (TPSA) is 6.48 Å². The first-order valence-electron chi connectivity index (χ1n) is 8.04. The maximum absolute atomic E-state index is 6.07. The summed E-state index contributed by atoms with van der Waals surface area (Å²) in [6, 6.07) is 19.4. The lowest BCUT2D eigenvalue weighted by Gasteiger charge is -2.39. The molecule has 1 fully saturated rings. The van der Waals surface area contributed by atoms with Crippen molar-refractivity contribution in [2.75, 3.05) is 32.7 Å². The predicted molar refractivity (Wildman–Crippen MR) is 93.4 cm³/mol. The fraction of sp³-hybridized carbons (Fsp3) is 0.368. The molecule has 0 bridgehead atoms. The van der Waals surface area contributed by atoms with Gasteiger partial charge in [-0.3, -0.25) is 4.90 Å². The van der Waals surface area contributed by atoms with E-state index in [0.717, 1.165) is 37.7 Å². The number of nitrogens with zero attached hydrogens (tertiary/aromatic N) is 2. The van der Waals surface area contributed by atoms with Gasteiger partial charge in [0.15, 0.2) is 0 Å². The zero-order chi connectivity index (χ0) is 15.4. The molecule has 0 aliphatic carbocycles. The van der Waals surface area contributed by atoms with Crippen LogP contribution >= 0.6 is 11.6 Å². The van der Waals surface area contributed by atoms with Crippen molar-refractivity contribution in [3.8, 4) is 0 Å². The minimum Gasteiger partial charge on any atom is -0.301 e. The highest BCUT2D eigenvalue weighted by atomic mass is 35.5. The zero-order valence-corrected chi connectivity index (χ0v) is 13.8. The van der Waals surface area contributed by atoms with E-state index in [-0.39, 0.29) is 0 Å². The summed E-state index contributed by atoms with van der Waals surface area (Å²) in [5, 5.41) is 0.798. The lowest BCUT2D eigenvalue weighted by atomic mass is 9.96. The third-order valence-electron chi connectivity index (χ3n) is 4.52. The van der Waals surface area contributed by atoms with E-state index in [1.54, 1.807) is 0 Å². The lowest BCUT2D eigenvalue weighted by Crippen LogP contribution is -2.47. The summed E-state index contributed by atoms with van der Waals surface area (Å²) in [6.45, 7) is 7.89. The Morgan fingerprint density at radius 2 is 1.45 bits per heavy atom. The molecule has 1 aliphatic heterocycles. The van der Waals surface area contributed by atoms with Gasteiger partial charge in [-0.05, 0) is 29.8 Å². The van der Waals surface area contributed by atoms with Crippen LogP contribution in [0.2, 0.25) is 5.02 Å². The second-order valence-corrected chi connectivity index (χ2v) is 6.27. The molecule has 0 spiro atoms. The second kappa shape index (κ2) is 7.28. The summed E-state index contributed by atoms with van der Waals surface area (Å²) >= 11 is 6.07. The van der Waals surface area contributed by atoms with Crippen LogP contribution in [0, 0.1) is 0 Å². The maximum Gasteiger partial charge on any atom is 0.0602 e. The molecule has 1 atom stereocenters. The zero-order valence-electron chi connectivity index (χ0n) is 13.1. The summed E-state index contributed by atoms with van der Waals surface area (Å²) in [6.07, 6.45) is 0. The average Bonchev–Trinajstić information content (AvgIpc) is 2.58. The molecular formula is C19H23ClN2. The van der Waals surface area contributed by atoms with Crippen LogP contribution in [0.15, 0.2) is 54.6 Å². The highest BCUT2D eigenvalue weighted by Crippen LogP contribution is 2.30. The first kappa shape index (κ1) is 15.5. The molecule has 2 nitrogen and oxygen atoms in total. The minimum absolute atomic E-state index is 0.317. The first-order chi connectivity index (χ1) is 10.8. The van der Waals surface area contributed by atoms with Crippen LogP contribution in [-0.2, 0) is 0 Å². The molecule has 3 heteroatoms. The summed E-state index contributed by atoms with van der Waals surface area (Å²) in [7, 11) is 0. The molecular weight excluding hydrogens is 292 g/mol. The van der Waals surface area contributed by atoms with Crippen LogP contribution in [-0.4, -0.2) is 42.5 Å². The standard InChI is InChI=1S/C19H23ClN2/c1-2-21-12-14-22(15-13-21)19(16-6-4-3-5-7-16)17-8-10-18(20)11-9-17/h3-11,19H,2,12-15H2,1H3. The molecule has 3 rings (SSSR count). The number of rotatable bonds is 4. The van der Waals surface area contributed by atoms with E-state index in [1.807, 2.05) is 12.1 Å². The van der Waals surface area contributed by atoms with Crippen LogP contribution in [0.25, 0.3) is 0 Å². The number of hydrogen-bond donors (Lipinski definition) is 0. The fourth-order valence-electron chi connectivity index (χ4n) is 3.23. The molecule has 1 heterocycles. The van der Waals surface area contributed by atoms with Gasteiger partial charge >= 0.3 is 0 Å². The third-order valence-corrected chi connectivity index (χ3v) is 4.77. The normalized spacial score (nSPS) is 18.3. The Labute approximate surface area is 138 Å². The largest absolute Gasteiger partial charge is 0.301 e. The van der Waals surface area contributed by atoms with Crippen molar-refractivity contribution < 1.29 is 0 Å². The lowest BCUT2D eigenvalue weighted by molar-refractivity contribution is 0.113. The van der Waals surface area contributed by atoms with Crippen molar-refractivity contribution >= 4 is 11.6 Å². The predicted octanol–water partition coefficient (Wildman–Crippen LogP) is 4.07. The molecule has 0 amide bonds. The van der Waals surface area contributed by atoms with E-state index in [0.29, 0.717) is 6.04 Å². The van der Waals surface area contributed by atoms with Gasteiger partial charge in [0.25, 0.3) is 0 Å². The average molecular weight is 315 g/mol. The molecule has 2 aromatic carbocycles. The quantitative estimate of drug-likeness (QED) is 0.839. The maximum atomic E-state index is 6.07. The van der Waals surface area contributed by atoms with E-state index in [4.69, 9.17) is 11.6 Å². The first-order valence-corrected chi connectivity index (χ1v) is 8.42. The molecule has 22 heavy (non-hydrogen) atoms. The molecule has 0 radical (unpaired) electrons. The van der Waals surface area contributed by atoms with Crippen LogP contribution in [0.4, 0.5) is 0 Å². The third kappa shape index (κ3) is 3.52. The van der Waals surface area contributed by atoms with Gasteiger partial charge in [-0.25, -0.2) is 0 Å². The fourth-order valence-corrected chi connectivity index (χ4v) is 3.36. The van der Waals surface area contributed by atoms with Gasteiger partial charge in [0.2, 0.25) is 0 Å². The summed E-state index contributed by atoms with van der Waals surface area (Å²) in [5.41, 5.74) is 2.68. The van der Waals surface area contributed by atoms with Gasteiger partial charge in [-0.1, -0.05) is 61.0 Å². The molecule has 1 unspecified atom stereocenters. The molecule has 2 aromatic rings. The van der Waals surface area contributed by atoms with Crippen molar-refractivity contribution in [1.29, 1.82) is 0 Å². The summed E-state index contributed by atoms with van der Waals surface area (Å²) < 4.78 is 0. The van der Waals surface area contributed by atoms with E-state index in [1.165, 1.54) is 11.1 Å². The van der Waals surface area contributed by atoms with E-state index in [9.17, 15) is 0 Å². The van der Waals surface area contributed by atoms with Crippen LogP contribution in [0.5, 0.6) is 0 Å². The van der Waals surface area contributed by atoms with Crippen molar-refractivity contribution in [3.05, 3.63) is 70.7 Å². The van der Waals surface area contributed by atoms with Gasteiger partial charge in [0.05, 0.1) is 6.04 Å². The molecule has 0 N–H and O–H groups in total. The Kier molecular flexibility index (Phi) is 5.14. The van der Waals surface area contributed by atoms with Gasteiger partial charge in [0.1, 0.15) is 0 Å². The Morgan fingerprint density at radius 3 is 2.05 bits per heavy atom. The number of benzene rings is 2. The number of hydrogen-bond acceptors (Lipinski definition) is 2. The highest BCUT2D eigenvalue weighted by Gasteiger charge is 2.25. The smallest absolute Gasteiger partial charge is 0.0602 e. The molecule has 1 aliphatic rings. The summed E-state index contributed by atoms with van der Waals surface area (Å²) in [4.78, 5) is 5.10. The van der Waals surface area contributed by atoms with Crippen molar-refractivity contribution in [3.63, 3.8) is 0 Å². The second-order valence-electron chi connectivity index (χ2n) is 5.84. The van der Waals surface area contributed by atoms with Crippen LogP contribution < -0.4 is 0 Å². The monoisotopic (exact) mass is 314 g/mol. The molecule has 0 saturated carbocycles. The number of halogens is 1. The van der Waals surface area contributed by atoms with Crippen molar-refractivity contribution in [2.45, 2.75) is 13.0 Å². The SMILES string of the molecule is CCN1CCN(C(c2ccccc2)c2ccc(Cl)cc2)CC1. The Morgan fingerprint density at radius 1 is 0.864 bits per heavy atom. The number of piperazine rings is 1. The van der Waals surface area contributed by atoms with Gasteiger partial charge < -0.3 is 4.90 Å².